The third-order valence-corrected chi connectivity index (χ3v) is 3.43. The molecule has 0 aliphatic rings. The Hall–Kier alpha value is -2.42. The van der Waals surface area contributed by atoms with Crippen LogP contribution >= 0.6 is 0 Å². The maximum absolute atomic E-state index is 9.98. The lowest BCUT2D eigenvalue weighted by Gasteiger charge is -2.11. The van der Waals surface area contributed by atoms with Crippen molar-refractivity contribution in [1.29, 1.82) is 0 Å². The maximum Gasteiger partial charge on any atom is 0.126 e. The van der Waals surface area contributed by atoms with Gasteiger partial charge in [0.05, 0.1) is 14.2 Å². The molecule has 0 aliphatic carbocycles. The standard InChI is InChI=1S/C18H20O3/c1-13(16-12-15(20-2)10-11-17(16)19)8-9-14-6-4-5-7-18(14)21-3/h4-13,19H,1-3H3/b9-8-. The Balaban J connectivity index is 2.25. The molecule has 0 fully saturated rings. The second kappa shape index (κ2) is 6.84. The van der Waals surface area contributed by atoms with E-state index in [0.29, 0.717) is 0 Å². The Morgan fingerprint density at radius 1 is 1.05 bits per heavy atom. The molecule has 2 rings (SSSR count). The molecule has 0 spiro atoms. The summed E-state index contributed by atoms with van der Waals surface area (Å²) in [6, 6.07) is 13.1. The molecule has 0 saturated carbocycles. The molecule has 0 aromatic heterocycles. The topological polar surface area (TPSA) is 38.7 Å². The van der Waals surface area contributed by atoms with E-state index < -0.39 is 0 Å². The van der Waals surface area contributed by atoms with Crippen molar-refractivity contribution >= 4 is 6.08 Å². The summed E-state index contributed by atoms with van der Waals surface area (Å²) in [4.78, 5) is 0. The quantitative estimate of drug-likeness (QED) is 0.893. The van der Waals surface area contributed by atoms with Crippen LogP contribution in [-0.4, -0.2) is 19.3 Å². The van der Waals surface area contributed by atoms with Crippen LogP contribution in [-0.2, 0) is 0 Å². The summed E-state index contributed by atoms with van der Waals surface area (Å²) in [5.74, 6) is 1.90. The molecular weight excluding hydrogens is 264 g/mol. The molecule has 1 atom stereocenters. The number of hydrogen-bond donors (Lipinski definition) is 1. The lowest BCUT2D eigenvalue weighted by Crippen LogP contribution is -1.92. The highest BCUT2D eigenvalue weighted by Gasteiger charge is 2.09. The molecule has 0 bridgehead atoms. The molecule has 21 heavy (non-hydrogen) atoms. The number of phenols is 1. The summed E-state index contributed by atoms with van der Waals surface area (Å²) in [5, 5.41) is 9.98. The molecule has 2 aromatic carbocycles. The van der Waals surface area contributed by atoms with Gasteiger partial charge in [0.15, 0.2) is 0 Å². The minimum atomic E-state index is 0.0602. The van der Waals surface area contributed by atoms with Gasteiger partial charge in [0.25, 0.3) is 0 Å². The van der Waals surface area contributed by atoms with Gasteiger partial charge in [-0.05, 0) is 24.3 Å². The van der Waals surface area contributed by atoms with Crippen LogP contribution in [0.25, 0.3) is 6.08 Å². The molecular formula is C18H20O3. The number of aromatic hydroxyl groups is 1. The Kier molecular flexibility index (Phi) is 4.88. The smallest absolute Gasteiger partial charge is 0.126 e. The first-order chi connectivity index (χ1) is 10.2. The number of rotatable bonds is 5. The van der Waals surface area contributed by atoms with Gasteiger partial charge in [-0.1, -0.05) is 37.3 Å². The average molecular weight is 284 g/mol. The summed E-state index contributed by atoms with van der Waals surface area (Å²) in [5.41, 5.74) is 1.84. The normalized spacial score (nSPS) is 12.3. The predicted molar refractivity (Wildman–Crippen MR) is 85.1 cm³/mol. The van der Waals surface area contributed by atoms with Gasteiger partial charge in [0.1, 0.15) is 17.2 Å². The molecule has 0 amide bonds. The lowest BCUT2D eigenvalue weighted by molar-refractivity contribution is 0.410. The fourth-order valence-electron chi connectivity index (χ4n) is 2.18. The number of ether oxygens (including phenoxy) is 2. The zero-order valence-corrected chi connectivity index (χ0v) is 12.5. The van der Waals surface area contributed by atoms with Gasteiger partial charge in [-0.3, -0.25) is 0 Å². The highest BCUT2D eigenvalue weighted by molar-refractivity contribution is 5.58. The van der Waals surface area contributed by atoms with Crippen LogP contribution in [0, 0.1) is 0 Å². The highest BCUT2D eigenvalue weighted by atomic mass is 16.5. The van der Waals surface area contributed by atoms with Gasteiger partial charge in [-0.25, -0.2) is 0 Å². The minimum absolute atomic E-state index is 0.0602. The van der Waals surface area contributed by atoms with Crippen molar-refractivity contribution in [2.24, 2.45) is 0 Å². The highest BCUT2D eigenvalue weighted by Crippen LogP contribution is 2.31. The summed E-state index contributed by atoms with van der Waals surface area (Å²) in [6.07, 6.45) is 4.04. The van der Waals surface area contributed by atoms with Crippen LogP contribution in [0.5, 0.6) is 17.2 Å². The molecule has 1 N–H and O–H groups in total. The summed E-state index contributed by atoms with van der Waals surface area (Å²) < 4.78 is 10.5. The molecule has 0 saturated heterocycles. The van der Waals surface area contributed by atoms with Crippen molar-refractivity contribution in [2.75, 3.05) is 14.2 Å². The van der Waals surface area contributed by atoms with Crippen molar-refractivity contribution in [3.8, 4) is 17.2 Å². The van der Waals surface area contributed by atoms with Crippen molar-refractivity contribution in [2.45, 2.75) is 12.8 Å². The zero-order chi connectivity index (χ0) is 15.2. The molecule has 0 radical (unpaired) electrons. The van der Waals surface area contributed by atoms with E-state index in [4.69, 9.17) is 9.47 Å². The summed E-state index contributed by atoms with van der Waals surface area (Å²) in [6.45, 7) is 2.03. The monoisotopic (exact) mass is 284 g/mol. The molecule has 3 heteroatoms. The predicted octanol–water partition coefficient (Wildman–Crippen LogP) is 4.23. The summed E-state index contributed by atoms with van der Waals surface area (Å²) in [7, 11) is 3.27. The molecule has 1 unspecified atom stereocenters. The van der Waals surface area contributed by atoms with Crippen LogP contribution < -0.4 is 9.47 Å². The molecule has 0 aliphatic heterocycles. The van der Waals surface area contributed by atoms with Crippen LogP contribution in [0.15, 0.2) is 48.5 Å². The molecule has 0 heterocycles. The van der Waals surface area contributed by atoms with Crippen molar-refractivity contribution in [1.82, 2.24) is 0 Å². The lowest BCUT2D eigenvalue weighted by atomic mass is 9.98. The van der Waals surface area contributed by atoms with Gasteiger partial charge in [0.2, 0.25) is 0 Å². The fraction of sp³-hybridized carbons (Fsp3) is 0.222. The maximum atomic E-state index is 9.98. The number of para-hydroxylation sites is 1. The third-order valence-electron chi connectivity index (χ3n) is 3.43. The van der Waals surface area contributed by atoms with Gasteiger partial charge in [0, 0.05) is 17.0 Å². The number of phenolic OH excluding ortho intramolecular Hbond substituents is 1. The van der Waals surface area contributed by atoms with Crippen LogP contribution in [0.3, 0.4) is 0 Å². The van der Waals surface area contributed by atoms with E-state index in [9.17, 15) is 5.11 Å². The van der Waals surface area contributed by atoms with Crippen molar-refractivity contribution in [3.63, 3.8) is 0 Å². The van der Waals surface area contributed by atoms with Gasteiger partial charge < -0.3 is 14.6 Å². The van der Waals surface area contributed by atoms with E-state index in [0.717, 1.165) is 22.6 Å². The van der Waals surface area contributed by atoms with Crippen LogP contribution in [0.2, 0.25) is 0 Å². The Labute approximate surface area is 125 Å². The van der Waals surface area contributed by atoms with Crippen molar-refractivity contribution in [3.05, 3.63) is 59.7 Å². The van der Waals surface area contributed by atoms with Crippen LogP contribution in [0.4, 0.5) is 0 Å². The van der Waals surface area contributed by atoms with E-state index in [-0.39, 0.29) is 11.7 Å². The van der Waals surface area contributed by atoms with Crippen LogP contribution in [0.1, 0.15) is 24.0 Å². The molecule has 2 aromatic rings. The van der Waals surface area contributed by atoms with E-state index >= 15 is 0 Å². The average Bonchev–Trinajstić information content (AvgIpc) is 2.53. The van der Waals surface area contributed by atoms with E-state index in [1.807, 2.05) is 49.4 Å². The zero-order valence-electron chi connectivity index (χ0n) is 12.5. The molecule has 110 valence electrons. The third kappa shape index (κ3) is 3.57. The van der Waals surface area contributed by atoms with Gasteiger partial charge >= 0.3 is 0 Å². The minimum Gasteiger partial charge on any atom is -0.508 e. The van der Waals surface area contributed by atoms with Gasteiger partial charge in [-0.2, -0.15) is 0 Å². The SMILES string of the molecule is COc1ccc(O)c(C(C)/C=C\c2ccccc2OC)c1. The molecule has 3 nitrogen and oxygen atoms in total. The largest absolute Gasteiger partial charge is 0.508 e. The first-order valence-electron chi connectivity index (χ1n) is 6.84. The first-order valence-corrected chi connectivity index (χ1v) is 6.84. The first kappa shape index (κ1) is 15.0. The van der Waals surface area contributed by atoms with Gasteiger partial charge in [-0.15, -0.1) is 0 Å². The van der Waals surface area contributed by atoms with Crippen molar-refractivity contribution < 1.29 is 14.6 Å². The van der Waals surface area contributed by atoms with E-state index in [2.05, 4.69) is 0 Å². The second-order valence-corrected chi connectivity index (χ2v) is 4.81. The Morgan fingerprint density at radius 3 is 2.52 bits per heavy atom. The Morgan fingerprint density at radius 2 is 1.81 bits per heavy atom. The van der Waals surface area contributed by atoms with E-state index in [1.54, 1.807) is 26.4 Å². The number of methoxy groups -OCH3 is 2. The van der Waals surface area contributed by atoms with E-state index in [1.165, 1.54) is 0 Å². The number of hydrogen-bond acceptors (Lipinski definition) is 3. The fourth-order valence-corrected chi connectivity index (χ4v) is 2.18. The Bertz CT molecular complexity index is 632. The number of allylic oxidation sites excluding steroid dienone is 1. The number of benzene rings is 2. The summed E-state index contributed by atoms with van der Waals surface area (Å²) >= 11 is 0. The second-order valence-electron chi connectivity index (χ2n) is 4.81.